The molecule has 1 aliphatic heterocycles. The first-order valence-corrected chi connectivity index (χ1v) is 8.38. The van der Waals surface area contributed by atoms with Gasteiger partial charge >= 0.3 is 0 Å². The number of nitrogens with one attached hydrogen (secondary N) is 1. The molecule has 1 saturated carbocycles. The van der Waals surface area contributed by atoms with E-state index in [2.05, 4.69) is 66.5 Å². The molecule has 0 radical (unpaired) electrons. The molecule has 1 heterocycles. The molecule has 0 aromatic heterocycles. The minimum absolute atomic E-state index is 0.321. The fourth-order valence-electron chi connectivity index (χ4n) is 3.69. The first kappa shape index (κ1) is 14.8. The zero-order valence-electron chi connectivity index (χ0n) is 13.4. The Balaban J connectivity index is 1.75. The number of hydrogen-bond donors (Lipinski definition) is 1. The van der Waals surface area contributed by atoms with Crippen LogP contribution in [0.25, 0.3) is 0 Å². The summed E-state index contributed by atoms with van der Waals surface area (Å²) in [6.45, 7) is 7.95. The van der Waals surface area contributed by atoms with Crippen molar-refractivity contribution in [2.75, 3.05) is 19.6 Å². The van der Waals surface area contributed by atoms with Crippen molar-refractivity contribution in [1.82, 2.24) is 10.2 Å². The second-order valence-electron chi connectivity index (χ2n) is 6.83. The molecular weight excluding hydrogens is 256 g/mol. The van der Waals surface area contributed by atoms with E-state index in [1.807, 2.05) is 0 Å². The van der Waals surface area contributed by atoms with Gasteiger partial charge in [-0.25, -0.2) is 0 Å². The molecule has 2 nitrogen and oxygen atoms in total. The van der Waals surface area contributed by atoms with E-state index in [0.29, 0.717) is 11.6 Å². The highest BCUT2D eigenvalue weighted by atomic mass is 15.3. The first-order valence-electron chi connectivity index (χ1n) is 8.38. The Morgan fingerprint density at radius 2 is 2.05 bits per heavy atom. The SMILES string of the molecule is C/C=C/CCN1CC(C)(C2CC2)NCC1c1ccccc1. The van der Waals surface area contributed by atoms with Crippen molar-refractivity contribution in [3.8, 4) is 0 Å². The van der Waals surface area contributed by atoms with E-state index in [9.17, 15) is 0 Å². The zero-order valence-corrected chi connectivity index (χ0v) is 13.4. The Labute approximate surface area is 129 Å². The molecule has 2 atom stereocenters. The van der Waals surface area contributed by atoms with Crippen LogP contribution in [0.1, 0.15) is 44.7 Å². The molecule has 0 amide bonds. The van der Waals surface area contributed by atoms with E-state index < -0.39 is 0 Å². The standard InChI is InChI=1S/C19H28N2/c1-3-4-8-13-21-15-19(2,17-11-12-17)20-14-18(21)16-9-6-5-7-10-16/h3-7,9-10,17-18,20H,8,11-15H2,1-2H3/b4-3+. The molecule has 0 bridgehead atoms. The Morgan fingerprint density at radius 1 is 1.29 bits per heavy atom. The third kappa shape index (κ3) is 3.38. The molecule has 1 aliphatic carbocycles. The largest absolute Gasteiger partial charge is 0.308 e. The predicted octanol–water partition coefficient (Wildman–Crippen LogP) is 3.77. The molecule has 1 aromatic carbocycles. The second kappa shape index (κ2) is 6.33. The number of allylic oxidation sites excluding steroid dienone is 1. The lowest BCUT2D eigenvalue weighted by atomic mass is 9.89. The summed E-state index contributed by atoms with van der Waals surface area (Å²) in [6, 6.07) is 11.5. The summed E-state index contributed by atoms with van der Waals surface area (Å²) in [5.74, 6) is 0.887. The Hall–Kier alpha value is -1.12. The Morgan fingerprint density at radius 3 is 2.71 bits per heavy atom. The third-order valence-electron chi connectivity index (χ3n) is 5.15. The van der Waals surface area contributed by atoms with Crippen LogP contribution in [-0.4, -0.2) is 30.1 Å². The van der Waals surface area contributed by atoms with E-state index in [0.717, 1.165) is 25.4 Å². The van der Waals surface area contributed by atoms with Crippen molar-refractivity contribution in [1.29, 1.82) is 0 Å². The molecule has 2 heteroatoms. The summed E-state index contributed by atoms with van der Waals surface area (Å²) in [7, 11) is 0. The smallest absolute Gasteiger partial charge is 0.0473 e. The van der Waals surface area contributed by atoms with Crippen molar-refractivity contribution < 1.29 is 0 Å². The molecule has 3 rings (SSSR count). The van der Waals surface area contributed by atoms with E-state index in [-0.39, 0.29) is 0 Å². The number of piperazine rings is 1. The number of rotatable bonds is 5. The zero-order chi connectivity index (χ0) is 14.7. The van der Waals surface area contributed by atoms with E-state index in [1.54, 1.807) is 0 Å². The van der Waals surface area contributed by atoms with E-state index in [1.165, 1.54) is 24.9 Å². The molecule has 2 fully saturated rings. The van der Waals surface area contributed by atoms with Crippen LogP contribution >= 0.6 is 0 Å². The van der Waals surface area contributed by atoms with Crippen molar-refractivity contribution >= 4 is 0 Å². The van der Waals surface area contributed by atoms with Gasteiger partial charge in [-0.15, -0.1) is 0 Å². The topological polar surface area (TPSA) is 15.3 Å². The molecule has 2 aliphatic rings. The van der Waals surface area contributed by atoms with Gasteiger partial charge in [0.15, 0.2) is 0 Å². The van der Waals surface area contributed by atoms with Gasteiger partial charge in [-0.2, -0.15) is 0 Å². The monoisotopic (exact) mass is 284 g/mol. The minimum Gasteiger partial charge on any atom is -0.308 e. The first-order chi connectivity index (χ1) is 10.2. The van der Waals surface area contributed by atoms with Crippen LogP contribution in [0.4, 0.5) is 0 Å². The Bertz CT molecular complexity index is 478. The summed E-state index contributed by atoms with van der Waals surface area (Å²) in [4.78, 5) is 2.70. The third-order valence-corrected chi connectivity index (χ3v) is 5.15. The van der Waals surface area contributed by atoms with Crippen molar-refractivity contribution in [3.05, 3.63) is 48.0 Å². The molecule has 114 valence electrons. The molecule has 2 unspecified atom stereocenters. The average molecular weight is 284 g/mol. The molecular formula is C19H28N2. The maximum Gasteiger partial charge on any atom is 0.0473 e. The van der Waals surface area contributed by atoms with Gasteiger partial charge in [-0.05, 0) is 44.6 Å². The number of benzene rings is 1. The van der Waals surface area contributed by atoms with Crippen LogP contribution in [-0.2, 0) is 0 Å². The van der Waals surface area contributed by atoms with Gasteiger partial charge in [0.05, 0.1) is 0 Å². The van der Waals surface area contributed by atoms with Gasteiger partial charge in [0.2, 0.25) is 0 Å². The van der Waals surface area contributed by atoms with Crippen LogP contribution in [0.5, 0.6) is 0 Å². The number of hydrogen-bond acceptors (Lipinski definition) is 2. The average Bonchev–Trinajstić information content (AvgIpc) is 3.34. The molecule has 21 heavy (non-hydrogen) atoms. The van der Waals surface area contributed by atoms with Gasteiger partial charge in [0, 0.05) is 31.2 Å². The summed E-state index contributed by atoms with van der Waals surface area (Å²) in [6.07, 6.45) is 8.42. The van der Waals surface area contributed by atoms with Crippen LogP contribution in [0.3, 0.4) is 0 Å². The lowest BCUT2D eigenvalue weighted by Crippen LogP contribution is -2.61. The highest BCUT2D eigenvalue weighted by molar-refractivity contribution is 5.21. The maximum atomic E-state index is 3.87. The maximum absolute atomic E-state index is 3.87. The number of nitrogens with zero attached hydrogens (tertiary/aromatic N) is 1. The highest BCUT2D eigenvalue weighted by Crippen LogP contribution is 2.42. The summed E-state index contributed by atoms with van der Waals surface area (Å²) in [5.41, 5.74) is 1.77. The van der Waals surface area contributed by atoms with E-state index in [4.69, 9.17) is 0 Å². The quantitative estimate of drug-likeness (QED) is 0.828. The summed E-state index contributed by atoms with van der Waals surface area (Å²) in [5, 5.41) is 3.87. The van der Waals surface area contributed by atoms with Crippen LogP contribution < -0.4 is 5.32 Å². The lowest BCUT2D eigenvalue weighted by Gasteiger charge is -2.47. The summed E-state index contributed by atoms with van der Waals surface area (Å²) >= 11 is 0. The molecule has 1 N–H and O–H groups in total. The minimum atomic E-state index is 0.321. The molecule has 1 saturated heterocycles. The van der Waals surface area contributed by atoms with E-state index >= 15 is 0 Å². The van der Waals surface area contributed by atoms with Crippen molar-refractivity contribution in [2.45, 2.75) is 44.7 Å². The molecule has 1 aromatic rings. The van der Waals surface area contributed by atoms with Gasteiger partial charge in [-0.1, -0.05) is 42.5 Å². The predicted molar refractivity (Wildman–Crippen MR) is 89.3 cm³/mol. The van der Waals surface area contributed by atoms with Gasteiger partial charge < -0.3 is 5.32 Å². The van der Waals surface area contributed by atoms with Gasteiger partial charge in [-0.3, -0.25) is 4.90 Å². The second-order valence-corrected chi connectivity index (χ2v) is 6.83. The lowest BCUT2D eigenvalue weighted by molar-refractivity contribution is 0.0762. The van der Waals surface area contributed by atoms with Crippen LogP contribution in [0.2, 0.25) is 0 Å². The van der Waals surface area contributed by atoms with Crippen LogP contribution in [0.15, 0.2) is 42.5 Å². The normalized spacial score (nSPS) is 30.9. The fraction of sp³-hybridized carbons (Fsp3) is 0.579. The molecule has 0 spiro atoms. The van der Waals surface area contributed by atoms with Crippen LogP contribution in [0, 0.1) is 5.92 Å². The van der Waals surface area contributed by atoms with Crippen molar-refractivity contribution in [3.63, 3.8) is 0 Å². The fourth-order valence-corrected chi connectivity index (χ4v) is 3.69. The summed E-state index contributed by atoms with van der Waals surface area (Å²) < 4.78 is 0. The Kier molecular flexibility index (Phi) is 4.46. The van der Waals surface area contributed by atoms with Crippen molar-refractivity contribution in [2.24, 2.45) is 5.92 Å². The van der Waals surface area contributed by atoms with Gasteiger partial charge in [0.25, 0.3) is 0 Å². The highest BCUT2D eigenvalue weighted by Gasteiger charge is 2.45. The van der Waals surface area contributed by atoms with Gasteiger partial charge in [0.1, 0.15) is 0 Å².